The van der Waals surface area contributed by atoms with E-state index < -0.39 is 5.92 Å². The number of rotatable bonds is 9. The Labute approximate surface area is 265 Å². The molecule has 0 fully saturated rings. The highest BCUT2D eigenvalue weighted by Gasteiger charge is 2.49. The third-order valence-corrected chi connectivity index (χ3v) is 9.26. The number of allylic oxidation sites excluding steroid dienone is 4. The maximum atomic E-state index is 14.0. The molecule has 43 heavy (non-hydrogen) atoms. The second-order valence-electron chi connectivity index (χ2n) is 13.5. The standard InChI is InChI=1S/C35H41Cl2NO5/c1-34(2)16-25-32(27(39)18-34)31(33-26(38(25)12-7-13-41-5)17-35(3,4)19-28(33)40)21-9-11-29(30(14-21)42-6)43-20-22-8-10-23(36)15-24(22)37/h8-11,14-15,31H,7,12-13,16-20H2,1-6H3. The molecule has 1 heterocycles. The van der Waals surface area contributed by atoms with Crippen LogP contribution in [0.4, 0.5) is 0 Å². The van der Waals surface area contributed by atoms with Gasteiger partial charge >= 0.3 is 0 Å². The summed E-state index contributed by atoms with van der Waals surface area (Å²) in [6, 6.07) is 11.0. The summed E-state index contributed by atoms with van der Waals surface area (Å²) in [5.74, 6) is 0.832. The number of hydrogen-bond donors (Lipinski definition) is 0. The first kappa shape index (κ1) is 31.6. The van der Waals surface area contributed by atoms with E-state index >= 15 is 0 Å². The lowest BCUT2D eigenvalue weighted by molar-refractivity contribution is -0.119. The molecule has 0 spiro atoms. The third kappa shape index (κ3) is 6.52. The molecule has 0 aromatic heterocycles. The van der Waals surface area contributed by atoms with Gasteiger partial charge in [0.05, 0.1) is 7.11 Å². The summed E-state index contributed by atoms with van der Waals surface area (Å²) < 4.78 is 17.3. The molecule has 0 atom stereocenters. The number of ether oxygens (including phenoxy) is 3. The summed E-state index contributed by atoms with van der Waals surface area (Å²) in [6.45, 7) is 10.2. The molecule has 0 amide bonds. The fourth-order valence-electron chi connectivity index (χ4n) is 6.80. The normalized spacial score (nSPS) is 19.9. The lowest BCUT2D eigenvalue weighted by Crippen LogP contribution is -2.44. The number of methoxy groups -OCH3 is 2. The first-order valence-corrected chi connectivity index (χ1v) is 15.6. The third-order valence-electron chi connectivity index (χ3n) is 8.67. The molecule has 8 heteroatoms. The average molecular weight is 627 g/mol. The number of carbonyl (C=O) groups excluding carboxylic acids is 2. The van der Waals surface area contributed by atoms with Gasteiger partial charge in [-0.2, -0.15) is 0 Å². The van der Waals surface area contributed by atoms with Crippen molar-refractivity contribution in [3.8, 4) is 11.5 Å². The van der Waals surface area contributed by atoms with Crippen LogP contribution in [0, 0.1) is 10.8 Å². The van der Waals surface area contributed by atoms with Crippen molar-refractivity contribution in [2.24, 2.45) is 10.8 Å². The lowest BCUT2D eigenvalue weighted by atomic mass is 9.63. The molecule has 5 rings (SSSR count). The number of benzene rings is 2. The van der Waals surface area contributed by atoms with Crippen LogP contribution < -0.4 is 9.47 Å². The van der Waals surface area contributed by atoms with Crippen LogP contribution in [0.25, 0.3) is 0 Å². The predicted molar refractivity (Wildman–Crippen MR) is 170 cm³/mol. The van der Waals surface area contributed by atoms with E-state index in [0.29, 0.717) is 47.5 Å². The summed E-state index contributed by atoms with van der Waals surface area (Å²) in [5.41, 5.74) is 4.88. The van der Waals surface area contributed by atoms with E-state index in [1.54, 1.807) is 26.4 Å². The quantitative estimate of drug-likeness (QED) is 0.261. The zero-order valence-corrected chi connectivity index (χ0v) is 27.5. The molecule has 0 saturated carbocycles. The fraction of sp³-hybridized carbons (Fsp3) is 0.486. The van der Waals surface area contributed by atoms with Crippen molar-refractivity contribution in [2.75, 3.05) is 27.4 Å². The van der Waals surface area contributed by atoms with Crippen LogP contribution >= 0.6 is 23.2 Å². The summed E-state index contributed by atoms with van der Waals surface area (Å²) in [4.78, 5) is 30.3. The van der Waals surface area contributed by atoms with Gasteiger partial charge in [-0.15, -0.1) is 0 Å². The topological polar surface area (TPSA) is 65.1 Å². The van der Waals surface area contributed by atoms with E-state index in [1.807, 2.05) is 24.3 Å². The fourth-order valence-corrected chi connectivity index (χ4v) is 7.26. The highest BCUT2D eigenvalue weighted by Crippen LogP contribution is 2.55. The molecule has 0 N–H and O–H groups in total. The van der Waals surface area contributed by atoms with Gasteiger partial charge in [-0.1, -0.05) is 63.0 Å². The largest absolute Gasteiger partial charge is 0.493 e. The van der Waals surface area contributed by atoms with Crippen LogP contribution in [-0.4, -0.2) is 43.8 Å². The number of halogens is 2. The van der Waals surface area contributed by atoms with Crippen LogP contribution in [0.2, 0.25) is 10.0 Å². The molecule has 2 aliphatic carbocycles. The van der Waals surface area contributed by atoms with E-state index in [9.17, 15) is 9.59 Å². The van der Waals surface area contributed by atoms with Gasteiger partial charge in [0.25, 0.3) is 0 Å². The van der Waals surface area contributed by atoms with E-state index in [-0.39, 0.29) is 29.0 Å². The molecule has 2 aromatic rings. The summed E-state index contributed by atoms with van der Waals surface area (Å²) in [6.07, 6.45) is 3.22. The van der Waals surface area contributed by atoms with E-state index in [0.717, 1.165) is 52.9 Å². The second-order valence-corrected chi connectivity index (χ2v) is 14.3. The Morgan fingerprint density at radius 3 is 2.02 bits per heavy atom. The Morgan fingerprint density at radius 2 is 1.47 bits per heavy atom. The van der Waals surface area contributed by atoms with Crippen molar-refractivity contribution in [3.05, 3.63) is 80.1 Å². The van der Waals surface area contributed by atoms with Gasteiger partial charge in [0, 0.05) is 77.2 Å². The highest BCUT2D eigenvalue weighted by atomic mass is 35.5. The van der Waals surface area contributed by atoms with Gasteiger partial charge < -0.3 is 19.1 Å². The molecule has 0 radical (unpaired) electrons. The molecule has 2 aromatic carbocycles. The van der Waals surface area contributed by atoms with Gasteiger partial charge in [-0.05, 0) is 59.9 Å². The minimum absolute atomic E-state index is 0.105. The summed E-state index contributed by atoms with van der Waals surface area (Å²) >= 11 is 12.4. The van der Waals surface area contributed by atoms with Gasteiger partial charge in [-0.3, -0.25) is 9.59 Å². The number of hydrogen-bond acceptors (Lipinski definition) is 6. The molecule has 230 valence electrons. The zero-order chi connectivity index (χ0) is 31.1. The summed E-state index contributed by atoms with van der Waals surface area (Å²) in [5, 5.41) is 1.08. The van der Waals surface area contributed by atoms with Crippen molar-refractivity contribution in [3.63, 3.8) is 0 Å². The van der Waals surface area contributed by atoms with E-state index in [2.05, 4.69) is 32.6 Å². The van der Waals surface area contributed by atoms with Gasteiger partial charge in [0.1, 0.15) is 6.61 Å². The van der Waals surface area contributed by atoms with E-state index in [4.69, 9.17) is 37.4 Å². The predicted octanol–water partition coefficient (Wildman–Crippen LogP) is 8.30. The summed E-state index contributed by atoms with van der Waals surface area (Å²) in [7, 11) is 3.30. The Morgan fingerprint density at radius 1 is 0.837 bits per heavy atom. The van der Waals surface area contributed by atoms with Crippen LogP contribution in [0.1, 0.15) is 76.8 Å². The number of Topliss-reactive ketones (excluding diaryl/α,β-unsaturated/α-hetero) is 2. The first-order chi connectivity index (χ1) is 20.3. The average Bonchev–Trinajstić information content (AvgIpc) is 2.91. The van der Waals surface area contributed by atoms with E-state index in [1.165, 1.54) is 0 Å². The number of carbonyl (C=O) groups is 2. The minimum atomic E-state index is -0.454. The van der Waals surface area contributed by atoms with Crippen LogP contribution in [0.15, 0.2) is 58.9 Å². The van der Waals surface area contributed by atoms with Gasteiger partial charge in [-0.25, -0.2) is 0 Å². The van der Waals surface area contributed by atoms with Crippen LogP contribution in [-0.2, 0) is 20.9 Å². The maximum Gasteiger partial charge on any atom is 0.162 e. The Kier molecular flexibility index (Phi) is 9.04. The Balaban J connectivity index is 1.60. The molecule has 6 nitrogen and oxygen atoms in total. The highest BCUT2D eigenvalue weighted by molar-refractivity contribution is 6.35. The molecule has 1 aliphatic heterocycles. The first-order valence-electron chi connectivity index (χ1n) is 14.9. The smallest absolute Gasteiger partial charge is 0.162 e. The molecular weight excluding hydrogens is 585 g/mol. The lowest BCUT2D eigenvalue weighted by Gasteiger charge is -2.49. The number of ketones is 2. The van der Waals surface area contributed by atoms with Gasteiger partial charge in [0.15, 0.2) is 23.1 Å². The second kappa shape index (κ2) is 12.3. The van der Waals surface area contributed by atoms with Gasteiger partial charge in [0.2, 0.25) is 0 Å². The van der Waals surface area contributed by atoms with Crippen molar-refractivity contribution < 1.29 is 23.8 Å². The molecule has 0 saturated heterocycles. The van der Waals surface area contributed by atoms with Crippen LogP contribution in [0.3, 0.4) is 0 Å². The van der Waals surface area contributed by atoms with Crippen LogP contribution in [0.5, 0.6) is 11.5 Å². The SMILES string of the molecule is COCCCN1C2=C(C(=O)CC(C)(C)C2)C(c2ccc(OCc3ccc(Cl)cc3Cl)c(OC)c2)C2=C1CC(C)(C)CC2=O. The van der Waals surface area contributed by atoms with Crippen molar-refractivity contribution in [2.45, 2.75) is 72.3 Å². The zero-order valence-electron chi connectivity index (χ0n) is 25.9. The van der Waals surface area contributed by atoms with Crippen molar-refractivity contribution >= 4 is 34.8 Å². The van der Waals surface area contributed by atoms with Crippen molar-refractivity contribution in [1.29, 1.82) is 0 Å². The molecule has 3 aliphatic rings. The Hall–Kier alpha value is -2.80. The molecule has 0 bridgehead atoms. The minimum Gasteiger partial charge on any atom is -0.493 e. The molecular formula is C35H41Cl2NO5. The Bertz CT molecular complexity index is 1450. The maximum absolute atomic E-state index is 14.0. The number of nitrogens with zero attached hydrogens (tertiary/aromatic N) is 1. The molecule has 0 unspecified atom stereocenters. The van der Waals surface area contributed by atoms with Crippen molar-refractivity contribution in [1.82, 2.24) is 4.90 Å². The monoisotopic (exact) mass is 625 g/mol.